The molecule has 0 bridgehead atoms. The van der Waals surface area contributed by atoms with Crippen LogP contribution in [0.1, 0.15) is 17.3 Å². The Morgan fingerprint density at radius 3 is 2.83 bits per heavy atom. The van der Waals surface area contributed by atoms with Crippen molar-refractivity contribution in [3.8, 4) is 0 Å². The molecule has 8 heteroatoms. The van der Waals surface area contributed by atoms with Crippen LogP contribution in [0.5, 0.6) is 0 Å². The van der Waals surface area contributed by atoms with Crippen molar-refractivity contribution in [3.63, 3.8) is 0 Å². The maximum absolute atomic E-state index is 11.8. The van der Waals surface area contributed by atoms with Crippen molar-refractivity contribution in [2.24, 2.45) is 5.14 Å². The van der Waals surface area contributed by atoms with E-state index in [0.29, 0.717) is 17.8 Å². The molecular formula is C10H16N4O3S. The first-order chi connectivity index (χ1) is 8.44. The fraction of sp³-hybridized carbons (Fsp3) is 0.400. The molecule has 0 radical (unpaired) electrons. The number of carbonyl (C=O) groups excluding carboxylic acids is 1. The molecule has 100 valence electrons. The number of nitrogens with two attached hydrogens (primary N) is 1. The summed E-state index contributed by atoms with van der Waals surface area (Å²) < 4.78 is 21.4. The highest BCUT2D eigenvalue weighted by Gasteiger charge is 2.11. The van der Waals surface area contributed by atoms with E-state index in [2.05, 4.69) is 15.6 Å². The van der Waals surface area contributed by atoms with Crippen LogP contribution in [-0.2, 0) is 10.0 Å². The third-order valence-corrected chi connectivity index (χ3v) is 2.88. The number of carbonyl (C=O) groups is 1. The van der Waals surface area contributed by atoms with Crippen LogP contribution in [0.4, 0.5) is 5.69 Å². The molecule has 0 saturated heterocycles. The van der Waals surface area contributed by atoms with Crippen LogP contribution in [0.25, 0.3) is 0 Å². The molecule has 1 amide bonds. The van der Waals surface area contributed by atoms with E-state index in [-0.39, 0.29) is 18.2 Å². The highest BCUT2D eigenvalue weighted by Crippen LogP contribution is 2.12. The van der Waals surface area contributed by atoms with Gasteiger partial charge in [-0.3, -0.25) is 9.78 Å². The molecule has 0 atom stereocenters. The Bertz CT molecular complexity index is 516. The number of pyridine rings is 1. The fourth-order valence-electron chi connectivity index (χ4n) is 1.33. The lowest BCUT2D eigenvalue weighted by Gasteiger charge is -2.09. The molecule has 0 aliphatic carbocycles. The van der Waals surface area contributed by atoms with Crippen molar-refractivity contribution in [2.75, 3.05) is 24.2 Å². The number of nitrogens with zero attached hydrogens (tertiary/aromatic N) is 1. The Balaban J connectivity index is 2.66. The number of amides is 1. The summed E-state index contributed by atoms with van der Waals surface area (Å²) in [5, 5.41) is 10.3. The summed E-state index contributed by atoms with van der Waals surface area (Å²) in [6, 6.07) is 1.56. The zero-order valence-corrected chi connectivity index (χ0v) is 10.8. The Labute approximate surface area is 106 Å². The highest BCUT2D eigenvalue weighted by atomic mass is 32.2. The number of anilines is 1. The van der Waals surface area contributed by atoms with Crippen molar-refractivity contribution in [2.45, 2.75) is 6.92 Å². The third-order valence-electron chi connectivity index (χ3n) is 2.11. The molecule has 0 saturated carbocycles. The topological polar surface area (TPSA) is 114 Å². The van der Waals surface area contributed by atoms with Gasteiger partial charge in [0.2, 0.25) is 10.0 Å². The largest absolute Gasteiger partial charge is 0.383 e. The summed E-state index contributed by atoms with van der Waals surface area (Å²) in [5.74, 6) is -0.655. The summed E-state index contributed by atoms with van der Waals surface area (Å²) in [5.41, 5.74) is 1.02. The first-order valence-corrected chi connectivity index (χ1v) is 7.12. The molecule has 0 aliphatic rings. The van der Waals surface area contributed by atoms with Crippen LogP contribution in [0.3, 0.4) is 0 Å². The van der Waals surface area contributed by atoms with E-state index in [4.69, 9.17) is 5.14 Å². The van der Waals surface area contributed by atoms with Crippen molar-refractivity contribution >= 4 is 21.6 Å². The summed E-state index contributed by atoms with van der Waals surface area (Å²) in [6.07, 6.45) is 3.04. The standard InChI is InChI=1S/C10H16N4O3S/c1-2-13-9-7-12-4-3-8(9)10(15)14-5-6-18(11,16)17/h3-4,7,13H,2,5-6H2,1H3,(H,14,15)(H2,11,16,17). The molecule has 18 heavy (non-hydrogen) atoms. The van der Waals surface area contributed by atoms with Gasteiger partial charge < -0.3 is 10.6 Å². The molecule has 7 nitrogen and oxygen atoms in total. The molecule has 1 heterocycles. The smallest absolute Gasteiger partial charge is 0.253 e. The maximum Gasteiger partial charge on any atom is 0.253 e. The normalized spacial score (nSPS) is 11.0. The highest BCUT2D eigenvalue weighted by molar-refractivity contribution is 7.89. The van der Waals surface area contributed by atoms with Crippen molar-refractivity contribution in [1.82, 2.24) is 10.3 Å². The van der Waals surface area contributed by atoms with E-state index >= 15 is 0 Å². The van der Waals surface area contributed by atoms with E-state index in [0.717, 1.165) is 0 Å². The third kappa shape index (κ3) is 4.68. The number of sulfonamides is 1. The average molecular weight is 272 g/mol. The van der Waals surface area contributed by atoms with Gasteiger partial charge in [-0.2, -0.15) is 0 Å². The minimum Gasteiger partial charge on any atom is -0.383 e. The van der Waals surface area contributed by atoms with Gasteiger partial charge in [-0.05, 0) is 13.0 Å². The molecule has 0 unspecified atom stereocenters. The maximum atomic E-state index is 11.8. The van der Waals surface area contributed by atoms with E-state index in [1.807, 2.05) is 6.92 Å². The van der Waals surface area contributed by atoms with E-state index in [9.17, 15) is 13.2 Å². The molecule has 0 fully saturated rings. The van der Waals surface area contributed by atoms with Gasteiger partial charge in [0.1, 0.15) is 0 Å². The van der Waals surface area contributed by atoms with E-state index in [1.54, 1.807) is 6.07 Å². The fourth-order valence-corrected chi connectivity index (χ4v) is 1.71. The molecule has 1 aromatic heterocycles. The molecular weight excluding hydrogens is 256 g/mol. The van der Waals surface area contributed by atoms with Gasteiger partial charge in [-0.15, -0.1) is 0 Å². The zero-order valence-electron chi connectivity index (χ0n) is 10.0. The van der Waals surface area contributed by atoms with Crippen LogP contribution in [0.2, 0.25) is 0 Å². The summed E-state index contributed by atoms with van der Waals surface area (Å²) in [6.45, 7) is 2.53. The lowest BCUT2D eigenvalue weighted by molar-refractivity contribution is 0.0957. The molecule has 0 spiro atoms. The van der Waals surface area contributed by atoms with Gasteiger partial charge >= 0.3 is 0 Å². The molecule has 0 aliphatic heterocycles. The van der Waals surface area contributed by atoms with E-state index < -0.39 is 10.0 Å². The van der Waals surface area contributed by atoms with Gasteiger partial charge in [0.25, 0.3) is 5.91 Å². The Morgan fingerprint density at radius 2 is 2.22 bits per heavy atom. The number of rotatable bonds is 6. The Hall–Kier alpha value is -1.67. The van der Waals surface area contributed by atoms with E-state index in [1.165, 1.54) is 12.4 Å². The van der Waals surface area contributed by atoms with Crippen LogP contribution < -0.4 is 15.8 Å². The van der Waals surface area contributed by atoms with Crippen LogP contribution in [-0.4, -0.2) is 38.2 Å². The molecule has 1 aromatic rings. The van der Waals surface area contributed by atoms with Gasteiger partial charge in [0, 0.05) is 19.3 Å². The lowest BCUT2D eigenvalue weighted by Crippen LogP contribution is -2.31. The number of hydrogen-bond acceptors (Lipinski definition) is 5. The summed E-state index contributed by atoms with van der Waals surface area (Å²) in [7, 11) is -3.57. The van der Waals surface area contributed by atoms with Crippen molar-refractivity contribution < 1.29 is 13.2 Å². The Morgan fingerprint density at radius 1 is 1.50 bits per heavy atom. The second-order valence-electron chi connectivity index (χ2n) is 3.57. The monoisotopic (exact) mass is 272 g/mol. The second kappa shape index (κ2) is 6.31. The van der Waals surface area contributed by atoms with Crippen molar-refractivity contribution in [3.05, 3.63) is 24.0 Å². The van der Waals surface area contributed by atoms with Gasteiger partial charge in [-0.25, -0.2) is 13.6 Å². The quantitative estimate of drug-likeness (QED) is 0.648. The predicted octanol–water partition coefficient (Wildman–Crippen LogP) is -0.468. The van der Waals surface area contributed by atoms with Crippen LogP contribution in [0, 0.1) is 0 Å². The number of aromatic nitrogens is 1. The molecule has 1 rings (SSSR count). The number of primary sulfonamides is 1. The number of hydrogen-bond donors (Lipinski definition) is 3. The predicted molar refractivity (Wildman–Crippen MR) is 68.7 cm³/mol. The average Bonchev–Trinajstić information content (AvgIpc) is 2.28. The Kier molecular flexibility index (Phi) is 5.05. The minimum atomic E-state index is -3.57. The van der Waals surface area contributed by atoms with Gasteiger partial charge in [0.05, 0.1) is 23.2 Å². The molecule has 4 N–H and O–H groups in total. The first kappa shape index (κ1) is 14.4. The lowest BCUT2D eigenvalue weighted by atomic mass is 10.2. The van der Waals surface area contributed by atoms with Crippen LogP contribution >= 0.6 is 0 Å². The van der Waals surface area contributed by atoms with Crippen molar-refractivity contribution in [1.29, 1.82) is 0 Å². The first-order valence-electron chi connectivity index (χ1n) is 5.40. The van der Waals surface area contributed by atoms with Crippen LogP contribution in [0.15, 0.2) is 18.5 Å². The minimum absolute atomic E-state index is 0.0223. The van der Waals surface area contributed by atoms with Gasteiger partial charge in [0.15, 0.2) is 0 Å². The second-order valence-corrected chi connectivity index (χ2v) is 5.31. The SMILES string of the molecule is CCNc1cnccc1C(=O)NCCS(N)(=O)=O. The summed E-state index contributed by atoms with van der Waals surface area (Å²) in [4.78, 5) is 15.7. The molecule has 0 aromatic carbocycles. The van der Waals surface area contributed by atoms with Gasteiger partial charge in [-0.1, -0.05) is 0 Å². The number of nitrogens with one attached hydrogen (secondary N) is 2. The zero-order chi connectivity index (χ0) is 13.6. The summed E-state index contributed by atoms with van der Waals surface area (Å²) >= 11 is 0.